The molecule has 2 heterocycles. The molecular formula is C22H27N5O2. The van der Waals surface area contributed by atoms with Crippen molar-refractivity contribution < 1.29 is 9.53 Å². The van der Waals surface area contributed by atoms with Crippen molar-refractivity contribution in [3.8, 4) is 5.75 Å². The number of amides is 1. The van der Waals surface area contributed by atoms with Crippen LogP contribution in [0.15, 0.2) is 48.5 Å². The van der Waals surface area contributed by atoms with Gasteiger partial charge in [0.05, 0.1) is 30.7 Å². The van der Waals surface area contributed by atoms with Gasteiger partial charge in [0.1, 0.15) is 11.6 Å². The number of anilines is 1. The first-order valence-corrected chi connectivity index (χ1v) is 10.1. The number of para-hydroxylation sites is 2. The van der Waals surface area contributed by atoms with Crippen LogP contribution in [0.2, 0.25) is 0 Å². The highest BCUT2D eigenvalue weighted by atomic mass is 16.5. The standard InChI is InChI=1S/C22H27N5O2/c1-2-29-18-9-7-17(8-10-18)23-22(28)16-27-13-11-26(12-14-27)15-21-24-19-5-3-4-6-20(19)25-21/h3-10H,2,11-16H2,1H3,(H,23,28)(H,24,25). The number of carbonyl (C=O) groups excluding carboxylic acids is 1. The topological polar surface area (TPSA) is 73.5 Å². The van der Waals surface area contributed by atoms with Crippen molar-refractivity contribution in [1.82, 2.24) is 19.8 Å². The summed E-state index contributed by atoms with van der Waals surface area (Å²) in [6.07, 6.45) is 0. The molecule has 29 heavy (non-hydrogen) atoms. The Balaban J connectivity index is 1.22. The lowest BCUT2D eigenvalue weighted by atomic mass is 10.3. The fourth-order valence-electron chi connectivity index (χ4n) is 3.60. The molecule has 1 aliphatic rings. The smallest absolute Gasteiger partial charge is 0.238 e. The molecule has 0 saturated carbocycles. The zero-order valence-corrected chi connectivity index (χ0v) is 16.7. The van der Waals surface area contributed by atoms with Gasteiger partial charge in [-0.2, -0.15) is 0 Å². The number of nitrogens with one attached hydrogen (secondary N) is 2. The average molecular weight is 393 g/mol. The molecular weight excluding hydrogens is 366 g/mol. The molecule has 152 valence electrons. The second-order valence-electron chi connectivity index (χ2n) is 7.26. The van der Waals surface area contributed by atoms with E-state index < -0.39 is 0 Å². The normalized spacial score (nSPS) is 15.5. The maximum absolute atomic E-state index is 12.4. The summed E-state index contributed by atoms with van der Waals surface area (Å²) in [7, 11) is 0. The monoisotopic (exact) mass is 393 g/mol. The molecule has 1 aliphatic heterocycles. The zero-order chi connectivity index (χ0) is 20.1. The summed E-state index contributed by atoms with van der Waals surface area (Å²) in [4.78, 5) is 25.0. The van der Waals surface area contributed by atoms with Crippen LogP contribution in [0.3, 0.4) is 0 Å². The Morgan fingerprint density at radius 2 is 1.79 bits per heavy atom. The first kappa shape index (κ1) is 19.4. The Morgan fingerprint density at radius 3 is 2.52 bits per heavy atom. The molecule has 1 saturated heterocycles. The summed E-state index contributed by atoms with van der Waals surface area (Å²) >= 11 is 0. The van der Waals surface area contributed by atoms with Crippen LogP contribution in [0.4, 0.5) is 5.69 Å². The van der Waals surface area contributed by atoms with Crippen molar-refractivity contribution in [2.24, 2.45) is 0 Å². The van der Waals surface area contributed by atoms with Crippen molar-refractivity contribution >= 4 is 22.6 Å². The van der Waals surface area contributed by atoms with Crippen LogP contribution in [0, 0.1) is 0 Å². The molecule has 0 atom stereocenters. The van der Waals surface area contributed by atoms with Gasteiger partial charge in [0.25, 0.3) is 0 Å². The highest BCUT2D eigenvalue weighted by Crippen LogP contribution is 2.16. The van der Waals surface area contributed by atoms with Crippen molar-refractivity contribution in [3.63, 3.8) is 0 Å². The Hall–Kier alpha value is -2.90. The first-order chi connectivity index (χ1) is 14.2. The van der Waals surface area contributed by atoms with Crippen molar-refractivity contribution in [3.05, 3.63) is 54.4 Å². The number of nitrogens with zero attached hydrogens (tertiary/aromatic N) is 3. The third-order valence-corrected chi connectivity index (χ3v) is 5.09. The Bertz CT molecular complexity index is 912. The largest absolute Gasteiger partial charge is 0.494 e. The molecule has 7 heteroatoms. The molecule has 4 rings (SSSR count). The lowest BCUT2D eigenvalue weighted by Crippen LogP contribution is -2.48. The van der Waals surface area contributed by atoms with Crippen LogP contribution in [0.5, 0.6) is 5.75 Å². The van der Waals surface area contributed by atoms with Gasteiger partial charge in [0, 0.05) is 31.9 Å². The predicted octanol–water partition coefficient (Wildman–Crippen LogP) is 2.72. The van der Waals surface area contributed by atoms with E-state index in [2.05, 4.69) is 25.1 Å². The van der Waals surface area contributed by atoms with E-state index in [1.165, 1.54) is 0 Å². The minimum absolute atomic E-state index is 0.0138. The highest BCUT2D eigenvalue weighted by Gasteiger charge is 2.20. The summed E-state index contributed by atoms with van der Waals surface area (Å²) in [6, 6.07) is 15.6. The van der Waals surface area contributed by atoms with E-state index in [0.717, 1.165) is 61.0 Å². The molecule has 7 nitrogen and oxygen atoms in total. The van der Waals surface area contributed by atoms with E-state index in [0.29, 0.717) is 13.2 Å². The number of benzene rings is 2. The number of hydrogen-bond donors (Lipinski definition) is 2. The summed E-state index contributed by atoms with van der Waals surface area (Å²) < 4.78 is 5.42. The Morgan fingerprint density at radius 1 is 1.07 bits per heavy atom. The Labute approximate surface area is 170 Å². The summed E-state index contributed by atoms with van der Waals surface area (Å²) in [5.74, 6) is 1.82. The van der Waals surface area contributed by atoms with Crippen LogP contribution >= 0.6 is 0 Å². The average Bonchev–Trinajstić information content (AvgIpc) is 3.13. The molecule has 1 fully saturated rings. The van der Waals surface area contributed by atoms with Gasteiger partial charge < -0.3 is 15.0 Å². The molecule has 0 radical (unpaired) electrons. The van der Waals surface area contributed by atoms with Gasteiger partial charge in [-0.05, 0) is 43.3 Å². The van der Waals surface area contributed by atoms with Crippen molar-refractivity contribution in [2.75, 3.05) is 44.6 Å². The van der Waals surface area contributed by atoms with Crippen LogP contribution in [0.1, 0.15) is 12.7 Å². The minimum atomic E-state index is 0.0138. The number of ether oxygens (including phenoxy) is 1. The molecule has 1 aromatic heterocycles. The van der Waals surface area contributed by atoms with Crippen molar-refractivity contribution in [2.45, 2.75) is 13.5 Å². The van der Waals surface area contributed by atoms with E-state index in [-0.39, 0.29) is 5.91 Å². The fraction of sp³-hybridized carbons (Fsp3) is 0.364. The minimum Gasteiger partial charge on any atom is -0.494 e. The van der Waals surface area contributed by atoms with Gasteiger partial charge in [-0.1, -0.05) is 12.1 Å². The van der Waals surface area contributed by atoms with Crippen molar-refractivity contribution in [1.29, 1.82) is 0 Å². The third-order valence-electron chi connectivity index (χ3n) is 5.09. The van der Waals surface area contributed by atoms with E-state index in [4.69, 9.17) is 4.74 Å². The van der Waals surface area contributed by atoms with Crippen LogP contribution in [-0.4, -0.2) is 65.0 Å². The van der Waals surface area contributed by atoms with Gasteiger partial charge >= 0.3 is 0 Å². The first-order valence-electron chi connectivity index (χ1n) is 10.1. The number of fused-ring (bicyclic) bond motifs is 1. The SMILES string of the molecule is CCOc1ccc(NC(=O)CN2CCN(Cc3nc4ccccc4[nH]3)CC2)cc1. The van der Waals surface area contributed by atoms with Gasteiger partial charge in [0.2, 0.25) is 5.91 Å². The van der Waals surface area contributed by atoms with Crippen LogP contribution in [-0.2, 0) is 11.3 Å². The number of piperazine rings is 1. The lowest BCUT2D eigenvalue weighted by Gasteiger charge is -2.33. The van der Waals surface area contributed by atoms with Gasteiger partial charge in [0.15, 0.2) is 0 Å². The fourth-order valence-corrected chi connectivity index (χ4v) is 3.60. The summed E-state index contributed by atoms with van der Waals surface area (Å²) in [5.41, 5.74) is 2.88. The molecule has 1 amide bonds. The van der Waals surface area contributed by atoms with E-state index in [9.17, 15) is 4.79 Å². The maximum Gasteiger partial charge on any atom is 0.238 e. The quantitative estimate of drug-likeness (QED) is 0.646. The Kier molecular flexibility index (Phi) is 6.07. The maximum atomic E-state index is 12.4. The molecule has 0 aliphatic carbocycles. The number of imidazole rings is 1. The molecule has 2 N–H and O–H groups in total. The summed E-state index contributed by atoms with van der Waals surface area (Å²) in [6.45, 7) is 7.39. The van der Waals surface area contributed by atoms with Crippen LogP contribution in [0.25, 0.3) is 11.0 Å². The third kappa shape index (κ3) is 5.13. The van der Waals surface area contributed by atoms with E-state index in [1.54, 1.807) is 0 Å². The molecule has 2 aromatic carbocycles. The lowest BCUT2D eigenvalue weighted by molar-refractivity contribution is -0.117. The van der Waals surface area contributed by atoms with Gasteiger partial charge in [-0.3, -0.25) is 14.6 Å². The molecule has 0 unspecified atom stereocenters. The molecule has 0 bridgehead atoms. The zero-order valence-electron chi connectivity index (χ0n) is 16.7. The second-order valence-corrected chi connectivity index (χ2v) is 7.26. The van der Waals surface area contributed by atoms with E-state index >= 15 is 0 Å². The number of hydrogen-bond acceptors (Lipinski definition) is 5. The van der Waals surface area contributed by atoms with E-state index in [1.807, 2.05) is 55.5 Å². The number of aromatic amines is 1. The summed E-state index contributed by atoms with van der Waals surface area (Å²) in [5, 5.41) is 2.96. The molecule has 0 spiro atoms. The number of H-pyrrole nitrogens is 1. The number of aromatic nitrogens is 2. The van der Waals surface area contributed by atoms with Crippen LogP contribution < -0.4 is 10.1 Å². The van der Waals surface area contributed by atoms with Gasteiger partial charge in [-0.15, -0.1) is 0 Å². The van der Waals surface area contributed by atoms with Gasteiger partial charge in [-0.25, -0.2) is 4.98 Å². The predicted molar refractivity (Wildman–Crippen MR) is 114 cm³/mol. The second kappa shape index (κ2) is 9.07. The number of rotatable bonds is 7. The number of carbonyl (C=O) groups is 1. The molecule has 3 aromatic rings. The highest BCUT2D eigenvalue weighted by molar-refractivity contribution is 5.92.